The van der Waals surface area contributed by atoms with Gasteiger partial charge in [0.2, 0.25) is 5.01 Å². The second kappa shape index (κ2) is 4.58. The molecule has 2 heterocycles. The molecule has 0 fully saturated rings. The van der Waals surface area contributed by atoms with Crippen LogP contribution in [0.5, 0.6) is 0 Å². The molecule has 0 spiro atoms. The number of aromatic nitrogens is 4. The van der Waals surface area contributed by atoms with Crippen molar-refractivity contribution in [1.29, 1.82) is 0 Å². The molecule has 7 nitrogen and oxygen atoms in total. The van der Waals surface area contributed by atoms with Crippen LogP contribution in [-0.2, 0) is 4.74 Å². The summed E-state index contributed by atoms with van der Waals surface area (Å²) in [6.07, 6.45) is 0. The maximum absolute atomic E-state index is 11.1. The molecule has 17 heavy (non-hydrogen) atoms. The molecule has 0 radical (unpaired) electrons. The molecule has 0 aliphatic heterocycles. The van der Waals surface area contributed by atoms with Crippen LogP contribution in [0.4, 0.5) is 0 Å². The predicted molar refractivity (Wildman–Crippen MR) is 58.6 cm³/mol. The molecule has 2 aromatic rings. The molecule has 0 saturated carbocycles. The zero-order valence-corrected chi connectivity index (χ0v) is 10.3. The second-order valence-corrected chi connectivity index (χ2v) is 4.27. The molecule has 2 aromatic heterocycles. The Bertz CT molecular complexity index is 534. The Kier molecular flexibility index (Phi) is 3.14. The van der Waals surface area contributed by atoms with E-state index >= 15 is 0 Å². The molecule has 0 amide bonds. The summed E-state index contributed by atoms with van der Waals surface area (Å²) < 4.78 is 13.7. The van der Waals surface area contributed by atoms with Gasteiger partial charge in [-0.25, -0.2) is 9.78 Å². The van der Waals surface area contributed by atoms with E-state index in [1.54, 1.807) is 0 Å². The van der Waals surface area contributed by atoms with Crippen LogP contribution < -0.4 is 0 Å². The summed E-state index contributed by atoms with van der Waals surface area (Å²) in [6.45, 7) is 3.97. The SMILES string of the molecule is COC(=O)c1nnc(-c2nc(C(C)C)ns2)o1. The van der Waals surface area contributed by atoms with Gasteiger partial charge in [0.1, 0.15) is 5.82 Å². The summed E-state index contributed by atoms with van der Waals surface area (Å²) in [5, 5.41) is 7.78. The molecule has 0 aliphatic rings. The van der Waals surface area contributed by atoms with Crippen LogP contribution in [0.3, 0.4) is 0 Å². The molecule has 0 bridgehead atoms. The van der Waals surface area contributed by atoms with E-state index in [1.165, 1.54) is 7.11 Å². The number of methoxy groups -OCH3 is 1. The first-order valence-corrected chi connectivity index (χ1v) is 5.65. The van der Waals surface area contributed by atoms with Crippen molar-refractivity contribution in [1.82, 2.24) is 19.6 Å². The molecule has 90 valence electrons. The summed E-state index contributed by atoms with van der Waals surface area (Å²) >= 11 is 1.15. The highest BCUT2D eigenvalue weighted by Gasteiger charge is 2.19. The summed E-state index contributed by atoms with van der Waals surface area (Å²) in [7, 11) is 1.24. The number of ether oxygens (including phenoxy) is 1. The van der Waals surface area contributed by atoms with E-state index in [0.29, 0.717) is 10.8 Å². The Morgan fingerprint density at radius 3 is 2.76 bits per heavy atom. The summed E-state index contributed by atoms with van der Waals surface area (Å²) in [6, 6.07) is 0. The molecular weight excluding hydrogens is 244 g/mol. The molecule has 2 rings (SSSR count). The fourth-order valence-electron chi connectivity index (χ4n) is 1.04. The third-order valence-corrected chi connectivity index (χ3v) is 2.64. The quantitative estimate of drug-likeness (QED) is 0.766. The van der Waals surface area contributed by atoms with Crippen LogP contribution in [0.15, 0.2) is 4.42 Å². The van der Waals surface area contributed by atoms with Gasteiger partial charge in [0.15, 0.2) is 0 Å². The largest absolute Gasteiger partial charge is 0.462 e. The van der Waals surface area contributed by atoms with Crippen LogP contribution in [0, 0.1) is 0 Å². The lowest BCUT2D eigenvalue weighted by atomic mass is 10.2. The molecule has 8 heteroatoms. The van der Waals surface area contributed by atoms with Crippen molar-refractivity contribution >= 4 is 17.5 Å². The Morgan fingerprint density at radius 1 is 1.41 bits per heavy atom. The zero-order chi connectivity index (χ0) is 12.4. The highest BCUT2D eigenvalue weighted by molar-refractivity contribution is 7.09. The monoisotopic (exact) mass is 254 g/mol. The van der Waals surface area contributed by atoms with Crippen molar-refractivity contribution < 1.29 is 13.9 Å². The average Bonchev–Trinajstić information content (AvgIpc) is 2.95. The lowest BCUT2D eigenvalue weighted by molar-refractivity contribution is 0.0556. The maximum atomic E-state index is 11.1. The first-order chi connectivity index (χ1) is 8.11. The number of carbonyl (C=O) groups excluding carboxylic acids is 1. The number of hydrogen-bond acceptors (Lipinski definition) is 8. The van der Waals surface area contributed by atoms with E-state index in [4.69, 9.17) is 4.42 Å². The molecule has 0 aliphatic carbocycles. The van der Waals surface area contributed by atoms with Gasteiger partial charge in [-0.15, -0.1) is 10.2 Å². The standard InChI is InChI=1S/C9H10N4O3S/c1-4(2)5-10-8(17-13-5)6-11-12-7(16-6)9(14)15-3/h4H,1-3H3. The van der Waals surface area contributed by atoms with Gasteiger partial charge >= 0.3 is 11.9 Å². The van der Waals surface area contributed by atoms with Gasteiger partial charge in [0.25, 0.3) is 5.89 Å². The van der Waals surface area contributed by atoms with Crippen LogP contribution in [0.1, 0.15) is 36.3 Å². The minimum Gasteiger partial charge on any atom is -0.462 e. The van der Waals surface area contributed by atoms with Crippen LogP contribution in [0.2, 0.25) is 0 Å². The van der Waals surface area contributed by atoms with Gasteiger partial charge in [-0.05, 0) is 11.5 Å². The van der Waals surface area contributed by atoms with Crippen LogP contribution in [0.25, 0.3) is 10.9 Å². The van der Waals surface area contributed by atoms with E-state index in [1.807, 2.05) is 13.8 Å². The fraction of sp³-hybridized carbons (Fsp3) is 0.444. The minimum absolute atomic E-state index is 0.176. The maximum Gasteiger partial charge on any atom is 0.396 e. The molecule has 0 atom stereocenters. The van der Waals surface area contributed by atoms with Gasteiger partial charge in [0.05, 0.1) is 7.11 Å². The lowest BCUT2D eigenvalue weighted by Gasteiger charge is -1.93. The number of hydrogen-bond donors (Lipinski definition) is 0. The van der Waals surface area contributed by atoms with Crippen LogP contribution >= 0.6 is 11.5 Å². The van der Waals surface area contributed by atoms with Gasteiger partial charge in [-0.2, -0.15) is 4.37 Å². The highest BCUT2D eigenvalue weighted by atomic mass is 32.1. The zero-order valence-electron chi connectivity index (χ0n) is 9.50. The molecule has 0 aromatic carbocycles. The van der Waals surface area contributed by atoms with Gasteiger partial charge < -0.3 is 9.15 Å². The fourth-order valence-corrected chi connectivity index (χ4v) is 1.76. The summed E-state index contributed by atoms with van der Waals surface area (Å²) in [4.78, 5) is 15.4. The van der Waals surface area contributed by atoms with Crippen molar-refractivity contribution in [3.8, 4) is 10.9 Å². The smallest absolute Gasteiger partial charge is 0.396 e. The molecule has 0 N–H and O–H groups in total. The van der Waals surface area contributed by atoms with Crippen molar-refractivity contribution in [3.63, 3.8) is 0 Å². The van der Waals surface area contributed by atoms with Crippen molar-refractivity contribution in [3.05, 3.63) is 11.7 Å². The molecular formula is C9H10N4O3S. The van der Waals surface area contributed by atoms with Gasteiger partial charge in [0, 0.05) is 5.92 Å². The summed E-state index contributed by atoms with van der Waals surface area (Å²) in [5.74, 6) is 0.252. The lowest BCUT2D eigenvalue weighted by Crippen LogP contribution is -2.00. The predicted octanol–water partition coefficient (Wildman–Crippen LogP) is 1.50. The van der Waals surface area contributed by atoms with Crippen molar-refractivity contribution in [2.45, 2.75) is 19.8 Å². The van der Waals surface area contributed by atoms with Crippen molar-refractivity contribution in [2.75, 3.05) is 7.11 Å². The Morgan fingerprint density at radius 2 is 2.18 bits per heavy atom. The van der Waals surface area contributed by atoms with E-state index in [-0.39, 0.29) is 17.7 Å². The number of carbonyl (C=O) groups is 1. The van der Waals surface area contributed by atoms with E-state index in [2.05, 4.69) is 24.3 Å². The van der Waals surface area contributed by atoms with Gasteiger partial charge in [-0.3, -0.25) is 0 Å². The number of esters is 1. The van der Waals surface area contributed by atoms with E-state index < -0.39 is 5.97 Å². The normalized spacial score (nSPS) is 10.8. The average molecular weight is 254 g/mol. The Balaban J connectivity index is 2.27. The van der Waals surface area contributed by atoms with Crippen molar-refractivity contribution in [2.24, 2.45) is 0 Å². The molecule has 0 unspecified atom stereocenters. The number of rotatable bonds is 3. The third kappa shape index (κ3) is 2.31. The molecule has 0 saturated heterocycles. The Labute approximate surface area is 101 Å². The number of nitrogens with zero attached hydrogens (tertiary/aromatic N) is 4. The summed E-state index contributed by atoms with van der Waals surface area (Å²) in [5.41, 5.74) is 0. The van der Waals surface area contributed by atoms with E-state index in [9.17, 15) is 4.79 Å². The first-order valence-electron chi connectivity index (χ1n) is 4.87. The van der Waals surface area contributed by atoms with Gasteiger partial charge in [-0.1, -0.05) is 13.8 Å². The third-order valence-electron chi connectivity index (χ3n) is 1.93. The van der Waals surface area contributed by atoms with Crippen LogP contribution in [-0.4, -0.2) is 32.6 Å². The first kappa shape index (κ1) is 11.6. The minimum atomic E-state index is -0.669. The topological polar surface area (TPSA) is 91.0 Å². The second-order valence-electron chi connectivity index (χ2n) is 3.52. The highest BCUT2D eigenvalue weighted by Crippen LogP contribution is 2.22. The Hall–Kier alpha value is -1.83. The van der Waals surface area contributed by atoms with E-state index in [0.717, 1.165) is 11.5 Å².